The molecular weight excluding hydrogens is 558 g/mol. The van der Waals surface area contributed by atoms with Crippen molar-refractivity contribution in [1.29, 1.82) is 0 Å². The summed E-state index contributed by atoms with van der Waals surface area (Å²) in [5.74, 6) is -2.17. The fourth-order valence-electron chi connectivity index (χ4n) is 4.16. The number of ether oxygens (including phenoxy) is 2. The second-order valence-electron chi connectivity index (χ2n) is 7.48. The van der Waals surface area contributed by atoms with Gasteiger partial charge in [-0.1, -0.05) is 24.3 Å². The third-order valence-corrected chi connectivity index (χ3v) is 6.62. The van der Waals surface area contributed by atoms with Crippen molar-refractivity contribution in [1.82, 2.24) is 5.32 Å². The van der Waals surface area contributed by atoms with Gasteiger partial charge < -0.3 is 19.9 Å². The summed E-state index contributed by atoms with van der Waals surface area (Å²) in [7, 11) is 0. The first-order valence-electron chi connectivity index (χ1n) is 10.1. The SMILES string of the molecule is CCOC(=O)C1=C(C)NC2=C(C(=O)c3ccccc32)[C@@H]1c1cc(Br)c(OCC(=O)O)c(Br)c1. The van der Waals surface area contributed by atoms with Crippen molar-refractivity contribution in [3.8, 4) is 5.75 Å². The Kier molecular flexibility index (Phi) is 6.45. The number of dihydropyridines is 1. The molecule has 0 saturated heterocycles. The molecule has 0 spiro atoms. The van der Waals surface area contributed by atoms with Crippen molar-refractivity contribution in [3.05, 3.63) is 78.9 Å². The minimum Gasteiger partial charge on any atom is -0.480 e. The highest BCUT2D eigenvalue weighted by Gasteiger charge is 2.43. The molecule has 0 unspecified atom stereocenters. The Morgan fingerprint density at radius 3 is 2.36 bits per heavy atom. The molecule has 0 amide bonds. The zero-order valence-electron chi connectivity index (χ0n) is 17.7. The largest absolute Gasteiger partial charge is 0.480 e. The Balaban J connectivity index is 1.89. The average molecular weight is 577 g/mol. The van der Waals surface area contributed by atoms with Gasteiger partial charge in [-0.15, -0.1) is 0 Å². The van der Waals surface area contributed by atoms with Crippen LogP contribution in [-0.4, -0.2) is 36.0 Å². The zero-order valence-corrected chi connectivity index (χ0v) is 20.9. The van der Waals surface area contributed by atoms with Crippen LogP contribution in [0.15, 0.2) is 62.2 Å². The molecule has 2 aliphatic rings. The Hall–Kier alpha value is -2.91. The van der Waals surface area contributed by atoms with E-state index in [-0.39, 0.29) is 12.4 Å². The van der Waals surface area contributed by atoms with E-state index in [0.717, 1.165) is 5.56 Å². The van der Waals surface area contributed by atoms with Gasteiger partial charge in [0.2, 0.25) is 0 Å². The molecule has 1 aliphatic carbocycles. The number of carboxylic acids is 1. The molecule has 9 heteroatoms. The van der Waals surface area contributed by atoms with Gasteiger partial charge in [-0.25, -0.2) is 9.59 Å². The van der Waals surface area contributed by atoms with Crippen LogP contribution in [-0.2, 0) is 14.3 Å². The van der Waals surface area contributed by atoms with Gasteiger partial charge in [0.25, 0.3) is 0 Å². The summed E-state index contributed by atoms with van der Waals surface area (Å²) >= 11 is 6.87. The second kappa shape index (κ2) is 9.15. The van der Waals surface area contributed by atoms with E-state index >= 15 is 0 Å². The molecular formula is C24H19Br2NO6. The van der Waals surface area contributed by atoms with Gasteiger partial charge in [-0.05, 0) is 63.4 Å². The Morgan fingerprint density at radius 1 is 1.12 bits per heavy atom. The van der Waals surface area contributed by atoms with Gasteiger partial charge in [0.15, 0.2) is 12.4 Å². The number of carboxylic acid groups (broad SMARTS) is 1. The van der Waals surface area contributed by atoms with Gasteiger partial charge >= 0.3 is 11.9 Å². The molecule has 2 aromatic carbocycles. The first-order chi connectivity index (χ1) is 15.7. The van der Waals surface area contributed by atoms with Crippen molar-refractivity contribution in [2.45, 2.75) is 19.8 Å². The summed E-state index contributed by atoms with van der Waals surface area (Å²) in [5, 5.41) is 12.2. The van der Waals surface area contributed by atoms with Crippen molar-refractivity contribution in [3.63, 3.8) is 0 Å². The summed E-state index contributed by atoms with van der Waals surface area (Å²) in [4.78, 5) is 37.4. The topological polar surface area (TPSA) is 102 Å². The summed E-state index contributed by atoms with van der Waals surface area (Å²) in [6.07, 6.45) is 0. The Morgan fingerprint density at radius 2 is 1.76 bits per heavy atom. The normalized spacial score (nSPS) is 16.8. The van der Waals surface area contributed by atoms with E-state index in [1.165, 1.54) is 0 Å². The molecule has 1 atom stereocenters. The minimum absolute atomic E-state index is 0.161. The van der Waals surface area contributed by atoms with Gasteiger partial charge in [-0.2, -0.15) is 0 Å². The number of hydrogen-bond donors (Lipinski definition) is 2. The van der Waals surface area contributed by atoms with Crippen LogP contribution in [0.3, 0.4) is 0 Å². The number of fused-ring (bicyclic) bond motifs is 2. The quantitative estimate of drug-likeness (QED) is 0.476. The van der Waals surface area contributed by atoms with E-state index < -0.39 is 24.5 Å². The molecule has 0 bridgehead atoms. The number of Topliss-reactive ketones (excluding diaryl/α,β-unsaturated/α-hetero) is 1. The van der Waals surface area contributed by atoms with E-state index in [2.05, 4.69) is 37.2 Å². The number of esters is 1. The lowest BCUT2D eigenvalue weighted by atomic mass is 9.80. The molecule has 0 aromatic heterocycles. The number of carbonyl (C=O) groups excluding carboxylic acids is 2. The number of allylic oxidation sites excluding steroid dienone is 2. The highest BCUT2D eigenvalue weighted by atomic mass is 79.9. The molecule has 7 nitrogen and oxygen atoms in total. The lowest BCUT2D eigenvalue weighted by Crippen LogP contribution is -2.29. The maximum absolute atomic E-state index is 13.5. The molecule has 170 valence electrons. The third-order valence-electron chi connectivity index (χ3n) is 5.44. The number of ketones is 1. The predicted octanol–water partition coefficient (Wildman–Crippen LogP) is 4.81. The fourth-order valence-corrected chi connectivity index (χ4v) is 5.61. The summed E-state index contributed by atoms with van der Waals surface area (Å²) in [6.45, 7) is 3.18. The molecule has 0 fully saturated rings. The maximum atomic E-state index is 13.5. The number of rotatable bonds is 6. The first kappa shape index (κ1) is 23.3. The van der Waals surface area contributed by atoms with Gasteiger partial charge in [0.05, 0.1) is 26.8 Å². The number of hydrogen-bond acceptors (Lipinski definition) is 6. The van der Waals surface area contributed by atoms with Crippen molar-refractivity contribution in [2.24, 2.45) is 0 Å². The van der Waals surface area contributed by atoms with E-state index in [0.29, 0.717) is 48.4 Å². The lowest BCUT2D eigenvalue weighted by molar-refractivity contribution is -0.140. The monoisotopic (exact) mass is 575 g/mol. The molecule has 0 radical (unpaired) electrons. The van der Waals surface area contributed by atoms with Gasteiger partial charge in [-0.3, -0.25) is 4.79 Å². The lowest BCUT2D eigenvalue weighted by Gasteiger charge is -2.29. The van der Waals surface area contributed by atoms with Crippen LogP contribution in [0.5, 0.6) is 5.75 Å². The minimum atomic E-state index is -1.11. The van der Waals surface area contributed by atoms with Crippen LogP contribution in [0.1, 0.15) is 41.3 Å². The highest BCUT2D eigenvalue weighted by molar-refractivity contribution is 9.11. The number of nitrogens with one attached hydrogen (secondary N) is 1. The maximum Gasteiger partial charge on any atom is 0.341 e. The molecule has 33 heavy (non-hydrogen) atoms. The van der Waals surface area contributed by atoms with Gasteiger partial charge in [0, 0.05) is 28.3 Å². The van der Waals surface area contributed by atoms with E-state index in [9.17, 15) is 14.4 Å². The van der Waals surface area contributed by atoms with Crippen molar-refractivity contribution in [2.75, 3.05) is 13.2 Å². The van der Waals surface area contributed by atoms with Crippen LogP contribution in [0.2, 0.25) is 0 Å². The predicted molar refractivity (Wildman–Crippen MR) is 128 cm³/mol. The number of carbonyl (C=O) groups is 3. The third kappa shape index (κ3) is 4.11. The molecule has 4 rings (SSSR count). The van der Waals surface area contributed by atoms with E-state index in [1.807, 2.05) is 12.1 Å². The standard InChI is InChI=1S/C24H19Br2NO6/c1-3-32-24(31)18-11(2)27-21-13-6-4-5-7-14(13)22(30)20(21)19(18)12-8-15(25)23(16(26)9-12)33-10-17(28)29/h4-9,19,27H,3,10H2,1-2H3,(H,28,29)/t19-/m1/s1. The summed E-state index contributed by atoms with van der Waals surface area (Å²) < 4.78 is 11.7. The Labute approximate surface area is 206 Å². The van der Waals surface area contributed by atoms with Crippen molar-refractivity contribution >= 4 is 55.3 Å². The van der Waals surface area contributed by atoms with Crippen LogP contribution >= 0.6 is 31.9 Å². The zero-order chi connectivity index (χ0) is 23.9. The fraction of sp³-hybridized carbons (Fsp3) is 0.208. The molecule has 2 aromatic rings. The summed E-state index contributed by atoms with van der Waals surface area (Å²) in [6, 6.07) is 10.8. The summed E-state index contributed by atoms with van der Waals surface area (Å²) in [5.41, 5.74) is 4.07. The molecule has 2 N–H and O–H groups in total. The average Bonchev–Trinajstić information content (AvgIpc) is 3.04. The molecule has 1 heterocycles. The second-order valence-corrected chi connectivity index (χ2v) is 9.19. The number of halogens is 2. The molecule has 0 saturated carbocycles. The van der Waals surface area contributed by atoms with E-state index in [1.54, 1.807) is 38.1 Å². The van der Waals surface area contributed by atoms with Crippen LogP contribution in [0, 0.1) is 0 Å². The van der Waals surface area contributed by atoms with Crippen LogP contribution in [0.4, 0.5) is 0 Å². The van der Waals surface area contributed by atoms with Gasteiger partial charge in [0.1, 0.15) is 5.75 Å². The smallest absolute Gasteiger partial charge is 0.341 e. The van der Waals surface area contributed by atoms with Crippen molar-refractivity contribution < 1.29 is 29.0 Å². The molecule has 1 aliphatic heterocycles. The van der Waals surface area contributed by atoms with Crippen LogP contribution < -0.4 is 10.1 Å². The first-order valence-corrected chi connectivity index (χ1v) is 11.7. The number of aliphatic carboxylic acids is 1. The van der Waals surface area contributed by atoms with E-state index in [4.69, 9.17) is 14.6 Å². The Bertz CT molecular complexity index is 1240. The number of benzene rings is 2. The van der Waals surface area contributed by atoms with Crippen LogP contribution in [0.25, 0.3) is 5.70 Å². The highest BCUT2D eigenvalue weighted by Crippen LogP contribution is 2.48.